The number of carbonyl (C=O) groups excluding carboxylic acids is 2. The minimum atomic E-state index is -0.441. The molecule has 0 spiro atoms. The van der Waals surface area contributed by atoms with Crippen LogP contribution in [-0.4, -0.2) is 47.6 Å². The third kappa shape index (κ3) is 4.54. The number of nitrogens with zero attached hydrogens (tertiary/aromatic N) is 2. The van der Waals surface area contributed by atoms with Gasteiger partial charge in [-0.25, -0.2) is 4.39 Å². The van der Waals surface area contributed by atoms with E-state index in [0.717, 1.165) is 25.0 Å². The smallest absolute Gasteiger partial charge is 0.268 e. The zero-order chi connectivity index (χ0) is 22.0. The molecule has 0 bridgehead atoms. The number of benzene rings is 1. The first kappa shape index (κ1) is 21.2. The molecule has 2 aromatic rings. The van der Waals surface area contributed by atoms with Gasteiger partial charge in [0, 0.05) is 51.7 Å². The Morgan fingerprint density at radius 2 is 2.03 bits per heavy atom. The Labute approximate surface area is 179 Å². The van der Waals surface area contributed by atoms with Crippen LogP contribution in [0.2, 0.25) is 0 Å². The van der Waals surface area contributed by atoms with Gasteiger partial charge in [0.2, 0.25) is 5.91 Å². The highest BCUT2D eigenvalue weighted by Gasteiger charge is 2.27. The van der Waals surface area contributed by atoms with E-state index in [2.05, 4.69) is 5.32 Å². The van der Waals surface area contributed by atoms with Crippen LogP contribution in [-0.2, 0) is 22.5 Å². The number of rotatable bonds is 5. The molecule has 1 aromatic heterocycles. The van der Waals surface area contributed by atoms with Crippen molar-refractivity contribution in [2.75, 3.05) is 26.3 Å². The summed E-state index contributed by atoms with van der Waals surface area (Å²) >= 11 is 0. The van der Waals surface area contributed by atoms with Gasteiger partial charge < -0.3 is 15.0 Å². The first-order valence-corrected chi connectivity index (χ1v) is 10.6. The first-order valence-electron chi connectivity index (χ1n) is 10.6. The molecule has 4 rings (SSSR count). The molecular formula is C23H26FN3O4. The monoisotopic (exact) mass is 427 g/mol. The average molecular weight is 427 g/mol. The zero-order valence-electron chi connectivity index (χ0n) is 17.5. The number of amides is 2. The standard InChI is InChI=1S/C23H26FN3O4/c1-15(28)26-10-7-20-17(12-26)13-27(19-4-2-18(24)3-5-19)23(30)21(20)22(29)25-9-6-16-8-11-31-14-16/h2-5,13,16H,6-12,14H2,1H3,(H,25,29). The van der Waals surface area contributed by atoms with Crippen molar-refractivity contribution in [2.45, 2.75) is 32.7 Å². The first-order chi connectivity index (χ1) is 14.9. The molecule has 0 aliphatic carbocycles. The van der Waals surface area contributed by atoms with Crippen molar-refractivity contribution < 1.29 is 18.7 Å². The topological polar surface area (TPSA) is 80.6 Å². The van der Waals surface area contributed by atoms with Crippen LogP contribution in [0.25, 0.3) is 5.69 Å². The molecule has 1 saturated heterocycles. The number of nitrogens with one attached hydrogen (secondary N) is 1. The van der Waals surface area contributed by atoms with E-state index >= 15 is 0 Å². The molecule has 164 valence electrons. The highest BCUT2D eigenvalue weighted by Crippen LogP contribution is 2.23. The van der Waals surface area contributed by atoms with Gasteiger partial charge in [-0.3, -0.25) is 19.0 Å². The third-order valence-electron chi connectivity index (χ3n) is 6.04. The number of hydrogen-bond acceptors (Lipinski definition) is 4. The van der Waals surface area contributed by atoms with Gasteiger partial charge in [0.1, 0.15) is 11.4 Å². The molecule has 2 amide bonds. The molecule has 8 heteroatoms. The number of carbonyl (C=O) groups is 2. The molecule has 1 unspecified atom stereocenters. The lowest BCUT2D eigenvalue weighted by atomic mass is 9.95. The Kier molecular flexibility index (Phi) is 6.18. The lowest BCUT2D eigenvalue weighted by molar-refractivity contribution is -0.129. The van der Waals surface area contributed by atoms with Gasteiger partial charge in [-0.2, -0.15) is 0 Å². The Morgan fingerprint density at radius 1 is 1.26 bits per heavy atom. The molecule has 2 aliphatic heterocycles. The van der Waals surface area contributed by atoms with Crippen molar-refractivity contribution in [3.05, 3.63) is 63.3 Å². The summed E-state index contributed by atoms with van der Waals surface area (Å²) in [6, 6.07) is 5.53. The predicted octanol–water partition coefficient (Wildman–Crippen LogP) is 2.04. The summed E-state index contributed by atoms with van der Waals surface area (Å²) in [7, 11) is 0. The largest absolute Gasteiger partial charge is 0.381 e. The van der Waals surface area contributed by atoms with Crippen molar-refractivity contribution in [3.8, 4) is 5.69 Å². The molecular weight excluding hydrogens is 401 g/mol. The molecule has 31 heavy (non-hydrogen) atoms. The van der Waals surface area contributed by atoms with E-state index in [-0.39, 0.29) is 11.5 Å². The van der Waals surface area contributed by atoms with E-state index in [1.165, 1.54) is 35.8 Å². The molecule has 7 nitrogen and oxygen atoms in total. The van der Waals surface area contributed by atoms with E-state index < -0.39 is 17.3 Å². The normalized spacial score (nSPS) is 18.0. The molecule has 1 fully saturated rings. The van der Waals surface area contributed by atoms with Gasteiger partial charge >= 0.3 is 0 Å². The highest BCUT2D eigenvalue weighted by molar-refractivity contribution is 5.96. The van der Waals surface area contributed by atoms with Crippen LogP contribution in [0.5, 0.6) is 0 Å². The molecule has 1 N–H and O–H groups in total. The summed E-state index contributed by atoms with van der Waals surface area (Å²) in [5.74, 6) is -0.459. The van der Waals surface area contributed by atoms with Crippen LogP contribution in [0.15, 0.2) is 35.3 Å². The zero-order valence-corrected chi connectivity index (χ0v) is 17.5. The number of aromatic nitrogens is 1. The number of pyridine rings is 1. The Hall–Kier alpha value is -3.00. The van der Waals surface area contributed by atoms with Gasteiger partial charge in [0.25, 0.3) is 11.5 Å². The number of fused-ring (bicyclic) bond motifs is 1. The van der Waals surface area contributed by atoms with Crippen LogP contribution >= 0.6 is 0 Å². The van der Waals surface area contributed by atoms with E-state index in [9.17, 15) is 18.8 Å². The highest BCUT2D eigenvalue weighted by atomic mass is 19.1. The maximum atomic E-state index is 13.4. The quantitative estimate of drug-likeness (QED) is 0.792. The second kappa shape index (κ2) is 9.01. The lowest BCUT2D eigenvalue weighted by Crippen LogP contribution is -2.40. The summed E-state index contributed by atoms with van der Waals surface area (Å²) < 4.78 is 20.1. The predicted molar refractivity (Wildman–Crippen MR) is 113 cm³/mol. The Bertz CT molecular complexity index is 1040. The van der Waals surface area contributed by atoms with Crippen molar-refractivity contribution >= 4 is 11.8 Å². The van der Waals surface area contributed by atoms with Crippen molar-refractivity contribution in [1.82, 2.24) is 14.8 Å². The van der Waals surface area contributed by atoms with Gasteiger partial charge in [0.05, 0.1) is 0 Å². The molecule has 2 aliphatic rings. The van der Waals surface area contributed by atoms with Crippen LogP contribution in [0.4, 0.5) is 4.39 Å². The van der Waals surface area contributed by atoms with Crippen LogP contribution in [0, 0.1) is 11.7 Å². The fourth-order valence-electron chi connectivity index (χ4n) is 4.24. The second-order valence-electron chi connectivity index (χ2n) is 8.12. The second-order valence-corrected chi connectivity index (χ2v) is 8.12. The SMILES string of the molecule is CC(=O)N1CCc2c(cn(-c3ccc(F)cc3)c(=O)c2C(=O)NCCC2CCOC2)C1. The maximum Gasteiger partial charge on any atom is 0.268 e. The van der Waals surface area contributed by atoms with E-state index in [0.29, 0.717) is 49.8 Å². The fourth-order valence-corrected chi connectivity index (χ4v) is 4.24. The minimum absolute atomic E-state index is 0.0602. The van der Waals surface area contributed by atoms with Gasteiger partial charge in [-0.05, 0) is 60.6 Å². The summed E-state index contributed by atoms with van der Waals surface area (Å²) in [4.78, 5) is 39.9. The van der Waals surface area contributed by atoms with Crippen molar-refractivity contribution in [1.29, 1.82) is 0 Å². The van der Waals surface area contributed by atoms with E-state index in [4.69, 9.17) is 4.74 Å². The summed E-state index contributed by atoms with van der Waals surface area (Å²) in [5, 5.41) is 2.89. The van der Waals surface area contributed by atoms with Gasteiger partial charge in [-0.15, -0.1) is 0 Å². The van der Waals surface area contributed by atoms with Crippen LogP contribution in [0.1, 0.15) is 41.3 Å². The fraction of sp³-hybridized carbons (Fsp3) is 0.435. The molecule has 0 radical (unpaired) electrons. The molecule has 1 atom stereocenters. The minimum Gasteiger partial charge on any atom is -0.381 e. The third-order valence-corrected chi connectivity index (χ3v) is 6.04. The summed E-state index contributed by atoms with van der Waals surface area (Å²) in [6.45, 7) is 4.20. The molecule has 0 saturated carbocycles. The van der Waals surface area contributed by atoms with Crippen LogP contribution in [0.3, 0.4) is 0 Å². The lowest BCUT2D eigenvalue weighted by Gasteiger charge is -2.29. The Balaban J connectivity index is 1.68. The van der Waals surface area contributed by atoms with Gasteiger partial charge in [-0.1, -0.05) is 0 Å². The number of hydrogen-bond donors (Lipinski definition) is 1. The summed E-state index contributed by atoms with van der Waals surface area (Å²) in [6.07, 6.45) is 3.88. The van der Waals surface area contributed by atoms with Gasteiger partial charge in [0.15, 0.2) is 0 Å². The molecule has 3 heterocycles. The Morgan fingerprint density at radius 3 is 2.71 bits per heavy atom. The number of halogens is 1. The van der Waals surface area contributed by atoms with E-state index in [1.54, 1.807) is 11.1 Å². The summed E-state index contributed by atoms with van der Waals surface area (Å²) in [5.41, 5.74) is 1.56. The number of ether oxygens (including phenoxy) is 1. The average Bonchev–Trinajstić information content (AvgIpc) is 3.27. The van der Waals surface area contributed by atoms with Crippen molar-refractivity contribution in [2.24, 2.45) is 5.92 Å². The molecule has 1 aromatic carbocycles. The van der Waals surface area contributed by atoms with Crippen molar-refractivity contribution in [3.63, 3.8) is 0 Å². The maximum absolute atomic E-state index is 13.4. The van der Waals surface area contributed by atoms with E-state index in [1.807, 2.05) is 0 Å². The van der Waals surface area contributed by atoms with Crippen LogP contribution < -0.4 is 10.9 Å².